The van der Waals surface area contributed by atoms with Crippen LogP contribution in [0.4, 0.5) is 5.69 Å². The van der Waals surface area contributed by atoms with E-state index in [0.717, 1.165) is 18.8 Å². The van der Waals surface area contributed by atoms with Crippen LogP contribution in [-0.4, -0.2) is 23.9 Å². The van der Waals surface area contributed by atoms with E-state index in [9.17, 15) is 4.79 Å². The monoisotopic (exact) mass is 295 g/mol. The molecular weight excluding hydrogens is 274 g/mol. The average Bonchev–Trinajstić information content (AvgIpc) is 2.46. The molecule has 2 rings (SSSR count). The normalized spacial score (nSPS) is 22.4. The Labute approximate surface area is 125 Å². The van der Waals surface area contributed by atoms with Crippen molar-refractivity contribution in [2.24, 2.45) is 11.8 Å². The molecule has 1 aromatic rings. The standard InChI is InChI=1S/C15H22ClN3O/c1-10-3-6-12(7-4-10)19(2)15(20)13-9-11(16)5-8-14(13)18-17/h5,8-10,12,18H,3-4,6-7,17H2,1-2H3. The van der Waals surface area contributed by atoms with E-state index >= 15 is 0 Å². The van der Waals surface area contributed by atoms with Crippen LogP contribution in [0.15, 0.2) is 18.2 Å². The first-order valence-electron chi connectivity index (χ1n) is 7.06. The molecule has 20 heavy (non-hydrogen) atoms. The highest BCUT2D eigenvalue weighted by molar-refractivity contribution is 6.31. The summed E-state index contributed by atoms with van der Waals surface area (Å²) in [6, 6.07) is 5.42. The van der Waals surface area contributed by atoms with Gasteiger partial charge in [-0.25, -0.2) is 0 Å². The van der Waals surface area contributed by atoms with Crippen molar-refractivity contribution in [3.8, 4) is 0 Å². The zero-order valence-corrected chi connectivity index (χ0v) is 12.8. The van der Waals surface area contributed by atoms with Gasteiger partial charge in [-0.2, -0.15) is 0 Å². The summed E-state index contributed by atoms with van der Waals surface area (Å²) in [5, 5.41) is 0.540. The number of nitrogens with zero attached hydrogens (tertiary/aromatic N) is 1. The second-order valence-electron chi connectivity index (χ2n) is 5.66. The Kier molecular flexibility index (Phi) is 4.89. The molecule has 1 amide bonds. The maximum atomic E-state index is 12.6. The molecule has 1 aliphatic rings. The van der Waals surface area contributed by atoms with Crippen molar-refractivity contribution in [2.45, 2.75) is 38.6 Å². The summed E-state index contributed by atoms with van der Waals surface area (Å²) in [7, 11) is 1.87. The van der Waals surface area contributed by atoms with Gasteiger partial charge in [0.2, 0.25) is 0 Å². The van der Waals surface area contributed by atoms with Gasteiger partial charge in [-0.05, 0) is 49.8 Å². The van der Waals surface area contributed by atoms with Crippen LogP contribution in [0.2, 0.25) is 5.02 Å². The van der Waals surface area contributed by atoms with Gasteiger partial charge in [0.25, 0.3) is 5.91 Å². The van der Waals surface area contributed by atoms with Crippen LogP contribution < -0.4 is 11.3 Å². The summed E-state index contributed by atoms with van der Waals surface area (Å²) in [6.45, 7) is 2.27. The Morgan fingerprint density at radius 1 is 1.35 bits per heavy atom. The fourth-order valence-corrected chi connectivity index (χ4v) is 2.98. The van der Waals surface area contributed by atoms with E-state index in [1.165, 1.54) is 12.8 Å². The molecule has 0 heterocycles. The molecule has 1 aromatic carbocycles. The molecule has 1 fully saturated rings. The number of carbonyl (C=O) groups excluding carboxylic acids is 1. The van der Waals surface area contributed by atoms with E-state index in [-0.39, 0.29) is 5.91 Å². The first-order chi connectivity index (χ1) is 9.52. The maximum Gasteiger partial charge on any atom is 0.256 e. The minimum Gasteiger partial charge on any atom is -0.339 e. The van der Waals surface area contributed by atoms with Crippen molar-refractivity contribution in [3.63, 3.8) is 0 Å². The highest BCUT2D eigenvalue weighted by atomic mass is 35.5. The average molecular weight is 296 g/mol. The summed E-state index contributed by atoms with van der Waals surface area (Å²) < 4.78 is 0. The van der Waals surface area contributed by atoms with Gasteiger partial charge in [0, 0.05) is 18.1 Å². The highest BCUT2D eigenvalue weighted by Gasteiger charge is 2.26. The fraction of sp³-hybridized carbons (Fsp3) is 0.533. The number of hydrogen-bond acceptors (Lipinski definition) is 3. The van der Waals surface area contributed by atoms with E-state index in [2.05, 4.69) is 12.3 Å². The highest BCUT2D eigenvalue weighted by Crippen LogP contribution is 2.28. The molecule has 0 aromatic heterocycles. The molecule has 0 radical (unpaired) electrons. The quantitative estimate of drug-likeness (QED) is 0.664. The van der Waals surface area contributed by atoms with Crippen LogP contribution in [-0.2, 0) is 0 Å². The Morgan fingerprint density at radius 3 is 2.60 bits per heavy atom. The first kappa shape index (κ1) is 15.1. The lowest BCUT2D eigenvalue weighted by atomic mass is 9.86. The van der Waals surface area contributed by atoms with Crippen molar-refractivity contribution >= 4 is 23.2 Å². The zero-order valence-electron chi connectivity index (χ0n) is 12.0. The van der Waals surface area contributed by atoms with Crippen LogP contribution in [0, 0.1) is 5.92 Å². The number of carbonyl (C=O) groups is 1. The molecule has 3 N–H and O–H groups in total. The molecule has 110 valence electrons. The summed E-state index contributed by atoms with van der Waals surface area (Å²) in [5.41, 5.74) is 3.70. The van der Waals surface area contributed by atoms with Crippen LogP contribution in [0.5, 0.6) is 0 Å². The molecule has 4 nitrogen and oxygen atoms in total. The Morgan fingerprint density at radius 2 is 2.00 bits per heavy atom. The van der Waals surface area contributed by atoms with Crippen molar-refractivity contribution < 1.29 is 4.79 Å². The van der Waals surface area contributed by atoms with Crippen molar-refractivity contribution in [3.05, 3.63) is 28.8 Å². The van der Waals surface area contributed by atoms with Gasteiger partial charge in [0.05, 0.1) is 11.3 Å². The van der Waals surface area contributed by atoms with E-state index in [4.69, 9.17) is 17.4 Å². The molecule has 5 heteroatoms. The molecule has 0 saturated heterocycles. The van der Waals surface area contributed by atoms with Gasteiger partial charge in [-0.1, -0.05) is 18.5 Å². The molecule has 0 atom stereocenters. The summed E-state index contributed by atoms with van der Waals surface area (Å²) >= 11 is 5.99. The zero-order chi connectivity index (χ0) is 14.7. The molecule has 0 unspecified atom stereocenters. The topological polar surface area (TPSA) is 58.4 Å². The number of hydrazine groups is 1. The van der Waals surface area contributed by atoms with Crippen LogP contribution in [0.1, 0.15) is 43.0 Å². The Bertz CT molecular complexity index is 484. The third kappa shape index (κ3) is 3.25. The van der Waals surface area contributed by atoms with Crippen molar-refractivity contribution in [2.75, 3.05) is 12.5 Å². The second-order valence-corrected chi connectivity index (χ2v) is 6.10. The fourth-order valence-electron chi connectivity index (χ4n) is 2.80. The van der Waals surface area contributed by atoms with E-state index < -0.39 is 0 Å². The maximum absolute atomic E-state index is 12.6. The smallest absolute Gasteiger partial charge is 0.256 e. The van der Waals surface area contributed by atoms with E-state index in [1.54, 1.807) is 18.2 Å². The van der Waals surface area contributed by atoms with E-state index in [1.807, 2.05) is 11.9 Å². The number of halogens is 1. The number of amides is 1. The Balaban J connectivity index is 2.16. The lowest BCUT2D eigenvalue weighted by Gasteiger charge is -2.34. The van der Waals surface area contributed by atoms with Gasteiger partial charge in [0.1, 0.15) is 0 Å². The molecule has 1 saturated carbocycles. The molecular formula is C15H22ClN3O. The third-order valence-corrected chi connectivity index (χ3v) is 4.46. The van der Waals surface area contributed by atoms with Gasteiger partial charge in [-0.3, -0.25) is 10.6 Å². The SMILES string of the molecule is CC1CCC(N(C)C(=O)c2cc(Cl)ccc2NN)CC1. The summed E-state index contributed by atoms with van der Waals surface area (Å²) in [5.74, 6) is 6.21. The molecule has 1 aliphatic carbocycles. The predicted molar refractivity (Wildman–Crippen MR) is 82.8 cm³/mol. The number of anilines is 1. The molecule has 0 bridgehead atoms. The number of nitrogens with one attached hydrogen (secondary N) is 1. The number of nitrogen functional groups attached to an aromatic ring is 1. The van der Waals surface area contributed by atoms with Gasteiger partial charge >= 0.3 is 0 Å². The van der Waals surface area contributed by atoms with Crippen LogP contribution in [0.25, 0.3) is 0 Å². The minimum absolute atomic E-state index is 0.0278. The lowest BCUT2D eigenvalue weighted by Crippen LogP contribution is -2.39. The van der Waals surface area contributed by atoms with Gasteiger partial charge in [0.15, 0.2) is 0 Å². The third-order valence-electron chi connectivity index (χ3n) is 4.22. The molecule has 0 aliphatic heterocycles. The predicted octanol–water partition coefficient (Wildman–Crippen LogP) is 3.28. The largest absolute Gasteiger partial charge is 0.339 e. The number of rotatable bonds is 3. The summed E-state index contributed by atoms with van der Waals surface area (Å²) in [4.78, 5) is 14.5. The van der Waals surface area contributed by atoms with Crippen molar-refractivity contribution in [1.82, 2.24) is 4.90 Å². The number of hydrogen-bond donors (Lipinski definition) is 2. The number of nitrogens with two attached hydrogens (primary N) is 1. The van der Waals surface area contributed by atoms with Gasteiger partial charge < -0.3 is 10.3 Å². The minimum atomic E-state index is -0.0278. The molecule has 0 spiro atoms. The Hall–Kier alpha value is -1.26. The lowest BCUT2D eigenvalue weighted by molar-refractivity contribution is 0.0680. The first-order valence-corrected chi connectivity index (χ1v) is 7.44. The van der Waals surface area contributed by atoms with Gasteiger partial charge in [-0.15, -0.1) is 0 Å². The second kappa shape index (κ2) is 6.46. The van der Waals surface area contributed by atoms with Crippen molar-refractivity contribution in [1.29, 1.82) is 0 Å². The van der Waals surface area contributed by atoms with Crippen LogP contribution in [0.3, 0.4) is 0 Å². The van der Waals surface area contributed by atoms with Crippen LogP contribution >= 0.6 is 11.6 Å². The van der Waals surface area contributed by atoms with E-state index in [0.29, 0.717) is 22.3 Å². The summed E-state index contributed by atoms with van der Waals surface area (Å²) in [6.07, 6.45) is 4.49. The number of benzene rings is 1.